The van der Waals surface area contributed by atoms with Gasteiger partial charge in [0, 0.05) is 0 Å². The molecule has 0 unspecified atom stereocenters. The summed E-state index contributed by atoms with van der Waals surface area (Å²) in [5, 5.41) is 14.0. The third kappa shape index (κ3) is 4.95. The second-order valence-corrected chi connectivity index (χ2v) is 6.18. The Hall–Kier alpha value is -3.65. The summed E-state index contributed by atoms with van der Waals surface area (Å²) in [4.78, 5) is 24.1. The van der Waals surface area contributed by atoms with E-state index in [0.29, 0.717) is 5.75 Å². The van der Waals surface area contributed by atoms with Crippen molar-refractivity contribution >= 4 is 39.9 Å². The van der Waals surface area contributed by atoms with Gasteiger partial charge in [0.15, 0.2) is 11.7 Å². The lowest BCUT2D eigenvalue weighted by molar-refractivity contribution is -0.121. The van der Waals surface area contributed by atoms with E-state index in [1.807, 2.05) is 30.3 Å². The van der Waals surface area contributed by atoms with E-state index < -0.39 is 11.8 Å². The Morgan fingerprint density at radius 3 is 2.29 bits per heavy atom. The number of nitrogens with one attached hydrogen (secondary N) is 3. The maximum Gasteiger partial charge on any atom is 0.273 e. The molecule has 0 aliphatic carbocycles. The van der Waals surface area contributed by atoms with Gasteiger partial charge < -0.3 is 9.84 Å². The molecule has 0 bridgehead atoms. The van der Waals surface area contributed by atoms with Gasteiger partial charge in [-0.3, -0.25) is 25.8 Å². The van der Waals surface area contributed by atoms with Gasteiger partial charge in [-0.05, 0) is 47.3 Å². The zero-order chi connectivity index (χ0) is 19.9. The van der Waals surface area contributed by atoms with Crippen LogP contribution in [0.4, 0.5) is 0 Å². The number of thiocarbonyl (C=S) groups is 1. The number of hydrogen-bond donors (Lipinski definition) is 4. The zero-order valence-electron chi connectivity index (χ0n) is 14.6. The number of rotatable bonds is 4. The number of benzene rings is 3. The monoisotopic (exact) mass is 395 g/mol. The molecule has 28 heavy (non-hydrogen) atoms. The summed E-state index contributed by atoms with van der Waals surface area (Å²) in [6, 6.07) is 19.3. The second kappa shape index (κ2) is 8.83. The van der Waals surface area contributed by atoms with E-state index >= 15 is 0 Å². The quantitative estimate of drug-likeness (QED) is 0.400. The number of para-hydroxylation sites is 1. The van der Waals surface area contributed by atoms with E-state index in [-0.39, 0.29) is 23.0 Å². The van der Waals surface area contributed by atoms with Crippen LogP contribution in [0.15, 0.2) is 66.7 Å². The largest absolute Gasteiger partial charge is 0.507 e. The molecule has 8 heteroatoms. The molecule has 7 nitrogen and oxygen atoms in total. The summed E-state index contributed by atoms with van der Waals surface area (Å²) in [6.45, 7) is -0.231. The first-order chi connectivity index (χ1) is 13.5. The molecule has 0 aromatic heterocycles. The molecular formula is C20H17N3O4S. The molecule has 0 atom stereocenters. The summed E-state index contributed by atoms with van der Waals surface area (Å²) in [6.07, 6.45) is 0. The summed E-state index contributed by atoms with van der Waals surface area (Å²) in [5.74, 6) is -0.689. The highest BCUT2D eigenvalue weighted by atomic mass is 32.1. The topological polar surface area (TPSA) is 99.7 Å². The minimum Gasteiger partial charge on any atom is -0.507 e. The molecule has 0 spiro atoms. The van der Waals surface area contributed by atoms with Crippen molar-refractivity contribution in [2.24, 2.45) is 0 Å². The van der Waals surface area contributed by atoms with Crippen LogP contribution in [0.25, 0.3) is 10.8 Å². The SMILES string of the molecule is O=C(COc1ccccc1)NC(=S)NNC(=O)c1cc2ccccc2cc1O. The van der Waals surface area contributed by atoms with Crippen molar-refractivity contribution in [2.75, 3.05) is 6.61 Å². The highest BCUT2D eigenvalue weighted by Crippen LogP contribution is 2.24. The van der Waals surface area contributed by atoms with Crippen LogP contribution in [0, 0.1) is 0 Å². The first-order valence-electron chi connectivity index (χ1n) is 8.33. The van der Waals surface area contributed by atoms with E-state index in [2.05, 4.69) is 16.2 Å². The Morgan fingerprint density at radius 2 is 1.57 bits per heavy atom. The number of carbonyl (C=O) groups excluding carboxylic acids is 2. The minimum absolute atomic E-state index is 0.0766. The van der Waals surface area contributed by atoms with Gasteiger partial charge in [-0.2, -0.15) is 0 Å². The van der Waals surface area contributed by atoms with Crippen LogP contribution in [0.2, 0.25) is 0 Å². The van der Waals surface area contributed by atoms with Crippen molar-refractivity contribution in [3.63, 3.8) is 0 Å². The van der Waals surface area contributed by atoms with Gasteiger partial charge in [0.25, 0.3) is 11.8 Å². The molecule has 0 saturated heterocycles. The fourth-order valence-corrected chi connectivity index (χ4v) is 2.62. The second-order valence-electron chi connectivity index (χ2n) is 5.77. The lowest BCUT2D eigenvalue weighted by Gasteiger charge is -2.12. The molecule has 0 radical (unpaired) electrons. The molecule has 2 amide bonds. The molecule has 0 heterocycles. The van der Waals surface area contributed by atoms with E-state index in [4.69, 9.17) is 17.0 Å². The van der Waals surface area contributed by atoms with Crippen LogP contribution in [0.5, 0.6) is 11.5 Å². The Balaban J connectivity index is 1.50. The number of hydrogen-bond acceptors (Lipinski definition) is 5. The van der Waals surface area contributed by atoms with Crippen LogP contribution in [0.1, 0.15) is 10.4 Å². The standard InChI is InChI=1S/C20H17N3O4S/c24-17-11-14-7-5-4-6-13(14)10-16(17)19(26)22-23-20(28)21-18(25)12-27-15-8-2-1-3-9-15/h1-11,24H,12H2,(H,22,26)(H2,21,23,25,28). The van der Waals surface area contributed by atoms with Crippen LogP contribution >= 0.6 is 12.2 Å². The normalized spacial score (nSPS) is 10.1. The Morgan fingerprint density at radius 1 is 0.929 bits per heavy atom. The van der Waals surface area contributed by atoms with Crippen LogP contribution in [-0.2, 0) is 4.79 Å². The number of phenolic OH excluding ortho intramolecular Hbond substituents is 1. The van der Waals surface area contributed by atoms with Crippen molar-refractivity contribution < 1.29 is 19.4 Å². The molecule has 0 saturated carbocycles. The Bertz CT molecular complexity index is 1020. The van der Waals surface area contributed by atoms with E-state index in [0.717, 1.165) is 10.8 Å². The van der Waals surface area contributed by atoms with Crippen molar-refractivity contribution in [3.05, 3.63) is 72.3 Å². The van der Waals surface area contributed by atoms with Crippen molar-refractivity contribution in [3.8, 4) is 11.5 Å². The first kappa shape index (κ1) is 19.1. The molecule has 4 N–H and O–H groups in total. The molecule has 3 rings (SSSR count). The number of hydrazine groups is 1. The number of ether oxygens (including phenoxy) is 1. The summed E-state index contributed by atoms with van der Waals surface area (Å²) in [5.41, 5.74) is 4.83. The van der Waals surface area contributed by atoms with Gasteiger partial charge in [0.05, 0.1) is 5.56 Å². The number of aromatic hydroxyl groups is 1. The predicted octanol–water partition coefficient (Wildman–Crippen LogP) is 2.26. The van der Waals surface area contributed by atoms with Gasteiger partial charge in [0.1, 0.15) is 11.5 Å². The average molecular weight is 395 g/mol. The fraction of sp³-hybridized carbons (Fsp3) is 0.0500. The van der Waals surface area contributed by atoms with Crippen LogP contribution in [-0.4, -0.2) is 28.6 Å². The fourth-order valence-electron chi connectivity index (χ4n) is 2.45. The third-order valence-corrected chi connectivity index (χ3v) is 3.97. The van der Waals surface area contributed by atoms with Gasteiger partial charge in [-0.25, -0.2) is 0 Å². The molecule has 142 valence electrons. The lowest BCUT2D eigenvalue weighted by atomic mass is 10.1. The average Bonchev–Trinajstić information content (AvgIpc) is 2.70. The number of amides is 2. The lowest BCUT2D eigenvalue weighted by Crippen LogP contribution is -2.49. The van der Waals surface area contributed by atoms with Crippen molar-refractivity contribution in [1.82, 2.24) is 16.2 Å². The summed E-state index contributed by atoms with van der Waals surface area (Å²) < 4.78 is 5.30. The molecule has 3 aromatic rings. The zero-order valence-corrected chi connectivity index (χ0v) is 15.5. The molecular weight excluding hydrogens is 378 g/mol. The molecule has 0 aliphatic rings. The van der Waals surface area contributed by atoms with Gasteiger partial charge in [0.2, 0.25) is 0 Å². The Labute approximate surface area is 166 Å². The Kier molecular flexibility index (Phi) is 6.03. The summed E-state index contributed by atoms with van der Waals surface area (Å²) >= 11 is 4.96. The molecule has 3 aromatic carbocycles. The van der Waals surface area contributed by atoms with Gasteiger partial charge >= 0.3 is 0 Å². The maximum absolute atomic E-state index is 12.3. The highest BCUT2D eigenvalue weighted by molar-refractivity contribution is 7.80. The van der Waals surface area contributed by atoms with Crippen molar-refractivity contribution in [2.45, 2.75) is 0 Å². The predicted molar refractivity (Wildman–Crippen MR) is 109 cm³/mol. The van der Waals surface area contributed by atoms with E-state index in [1.54, 1.807) is 30.3 Å². The highest BCUT2D eigenvalue weighted by Gasteiger charge is 2.13. The van der Waals surface area contributed by atoms with Gasteiger partial charge in [-0.1, -0.05) is 42.5 Å². The van der Waals surface area contributed by atoms with E-state index in [9.17, 15) is 14.7 Å². The van der Waals surface area contributed by atoms with Crippen LogP contribution in [0.3, 0.4) is 0 Å². The maximum atomic E-state index is 12.3. The summed E-state index contributed by atoms with van der Waals surface area (Å²) in [7, 11) is 0. The minimum atomic E-state index is -0.597. The number of phenols is 1. The number of carbonyl (C=O) groups is 2. The molecule has 0 aliphatic heterocycles. The first-order valence-corrected chi connectivity index (χ1v) is 8.73. The smallest absolute Gasteiger partial charge is 0.273 e. The van der Waals surface area contributed by atoms with Gasteiger partial charge in [-0.15, -0.1) is 0 Å². The third-order valence-electron chi connectivity index (χ3n) is 3.76. The molecule has 0 fully saturated rings. The van der Waals surface area contributed by atoms with Crippen LogP contribution < -0.4 is 20.9 Å². The van der Waals surface area contributed by atoms with Crippen molar-refractivity contribution in [1.29, 1.82) is 0 Å². The van der Waals surface area contributed by atoms with E-state index in [1.165, 1.54) is 6.07 Å². The number of fused-ring (bicyclic) bond motifs is 1.